The van der Waals surface area contributed by atoms with E-state index in [9.17, 15) is 19.8 Å². The van der Waals surface area contributed by atoms with Gasteiger partial charge in [-0.15, -0.1) is 21.5 Å². The number of hydrogen-bond donors (Lipinski definition) is 4. The highest BCUT2D eigenvalue weighted by Gasteiger charge is 2.43. The third-order valence-electron chi connectivity index (χ3n) is 12.6. The molecule has 2 aromatic carbocycles. The number of likely N-dealkylation sites (tertiary alicyclic amines) is 1. The highest BCUT2D eigenvalue weighted by Crippen LogP contribution is 2.37. The normalized spacial score (nSPS) is 19.9. The lowest BCUT2D eigenvalue weighted by Gasteiger charge is -2.46. The molecule has 0 spiro atoms. The van der Waals surface area contributed by atoms with E-state index in [1.165, 1.54) is 4.90 Å². The minimum absolute atomic E-state index is 0.0862. The van der Waals surface area contributed by atoms with Crippen LogP contribution in [-0.4, -0.2) is 135 Å². The lowest BCUT2D eigenvalue weighted by atomic mass is 9.91. The molecule has 2 saturated heterocycles. The van der Waals surface area contributed by atoms with Gasteiger partial charge in [0.1, 0.15) is 23.5 Å². The number of likely N-dealkylation sites (N-methyl/N-ethyl adjacent to an activating group) is 1. The van der Waals surface area contributed by atoms with E-state index < -0.39 is 18.1 Å². The number of aliphatic hydroxyl groups is 1. The summed E-state index contributed by atoms with van der Waals surface area (Å²) in [7, 11) is 2.15. The van der Waals surface area contributed by atoms with Crippen LogP contribution in [0.15, 0.2) is 70.7 Å². The molecule has 3 aromatic heterocycles. The molecule has 0 unspecified atom stereocenters. The van der Waals surface area contributed by atoms with Crippen LogP contribution in [0, 0.1) is 12.8 Å². The second-order valence-corrected chi connectivity index (χ2v) is 18.2. The average molecular weight is 863 g/mol. The summed E-state index contributed by atoms with van der Waals surface area (Å²) in [5.74, 6) is 0.175. The molecule has 0 aliphatic carbocycles. The summed E-state index contributed by atoms with van der Waals surface area (Å²) in [5.41, 5.74) is 8.01. The number of nitrogens with zero attached hydrogens (tertiary/aromatic N) is 8. The van der Waals surface area contributed by atoms with Gasteiger partial charge < -0.3 is 40.1 Å². The van der Waals surface area contributed by atoms with Gasteiger partial charge in [-0.1, -0.05) is 55.4 Å². The Balaban J connectivity index is 0.803. The summed E-state index contributed by atoms with van der Waals surface area (Å²) in [6.07, 6.45) is 0.969. The fraction of sp³-hybridized carbons (Fsp3) is 0.478. The maximum Gasteiger partial charge on any atom is 0.243 e. The SMILES string of the molecule is Cc1ncsc1-c1ccc([C@H](C)NC(=O)[C@@H]2C[C@@H](O)CN2C(=O)[C@@H](c2cc(CCCN(C)CCN3CCN4c5cc(-c6ccccc6O)nnc5NC[C@H]4C3)no2)C(C)C)cc1. The molecular weight excluding hydrogens is 805 g/mol. The number of benzene rings is 2. The van der Waals surface area contributed by atoms with Gasteiger partial charge in [0.15, 0.2) is 5.82 Å². The van der Waals surface area contributed by atoms with E-state index in [4.69, 9.17) is 4.52 Å². The summed E-state index contributed by atoms with van der Waals surface area (Å²) in [4.78, 5) is 42.2. The Morgan fingerprint density at radius 2 is 1.85 bits per heavy atom. The summed E-state index contributed by atoms with van der Waals surface area (Å²) in [6, 6.07) is 18.4. The maximum atomic E-state index is 14.2. The predicted molar refractivity (Wildman–Crippen MR) is 240 cm³/mol. The number of piperazine rings is 1. The minimum Gasteiger partial charge on any atom is -0.507 e. The number of amides is 2. The summed E-state index contributed by atoms with van der Waals surface area (Å²) >= 11 is 1.60. The van der Waals surface area contributed by atoms with Crippen LogP contribution < -0.4 is 15.5 Å². The molecule has 2 fully saturated rings. The number of rotatable bonds is 15. The Hall–Kier alpha value is -5.42. The predicted octanol–water partition coefficient (Wildman–Crippen LogP) is 5.33. The molecule has 328 valence electrons. The number of aliphatic hydroxyl groups excluding tert-OH is 1. The van der Waals surface area contributed by atoms with Crippen LogP contribution in [0.1, 0.15) is 68.3 Å². The first-order valence-electron chi connectivity index (χ1n) is 21.8. The van der Waals surface area contributed by atoms with E-state index in [1.807, 2.05) is 81.7 Å². The number of hydrogen-bond acceptors (Lipinski definition) is 14. The second kappa shape index (κ2) is 18.9. The minimum atomic E-state index is -0.797. The fourth-order valence-corrected chi connectivity index (χ4v) is 9.85. The first kappa shape index (κ1) is 43.2. The van der Waals surface area contributed by atoms with Crippen LogP contribution in [0.2, 0.25) is 0 Å². The van der Waals surface area contributed by atoms with Crippen molar-refractivity contribution in [3.8, 4) is 27.4 Å². The average Bonchev–Trinajstić information content (AvgIpc) is 4.02. The fourth-order valence-electron chi connectivity index (χ4n) is 9.04. The first-order valence-corrected chi connectivity index (χ1v) is 22.6. The number of phenols is 1. The number of β-amino-alcohol motifs (C(OH)–C–C–N with tert-alkyl or cyclic N) is 1. The molecule has 6 heterocycles. The Morgan fingerprint density at radius 3 is 2.61 bits per heavy atom. The van der Waals surface area contributed by atoms with Gasteiger partial charge in [-0.2, -0.15) is 0 Å². The quantitative estimate of drug-likeness (QED) is 0.106. The van der Waals surface area contributed by atoms with Crippen LogP contribution >= 0.6 is 11.3 Å². The summed E-state index contributed by atoms with van der Waals surface area (Å²) < 4.78 is 5.83. The molecule has 15 nitrogen and oxygen atoms in total. The zero-order valence-electron chi connectivity index (χ0n) is 36.2. The summed E-state index contributed by atoms with van der Waals surface area (Å²) in [6.45, 7) is 14.3. The molecule has 0 radical (unpaired) electrons. The van der Waals surface area contributed by atoms with E-state index in [1.54, 1.807) is 23.5 Å². The second-order valence-electron chi connectivity index (χ2n) is 17.4. The number of para-hydroxylation sites is 1. The Kier molecular flexibility index (Phi) is 13.2. The number of carbonyl (C=O) groups is 2. The Morgan fingerprint density at radius 1 is 1.05 bits per heavy atom. The van der Waals surface area contributed by atoms with Gasteiger partial charge in [-0.3, -0.25) is 14.5 Å². The van der Waals surface area contributed by atoms with Gasteiger partial charge in [0, 0.05) is 63.9 Å². The number of thiazole rings is 1. The molecule has 5 atom stereocenters. The number of aryl methyl sites for hydroxylation is 2. The molecule has 16 heteroatoms. The maximum absolute atomic E-state index is 14.2. The number of aromatic nitrogens is 4. The van der Waals surface area contributed by atoms with Crippen molar-refractivity contribution in [3.05, 3.63) is 88.9 Å². The molecule has 0 saturated carbocycles. The van der Waals surface area contributed by atoms with Gasteiger partial charge in [-0.25, -0.2) is 4.98 Å². The summed E-state index contributed by atoms with van der Waals surface area (Å²) in [5, 5.41) is 40.8. The molecule has 5 aromatic rings. The molecular formula is C46H58N10O5S. The molecule has 3 aliphatic heterocycles. The van der Waals surface area contributed by atoms with Gasteiger partial charge in [0.2, 0.25) is 11.8 Å². The molecule has 0 bridgehead atoms. The Bertz CT molecular complexity index is 2330. The van der Waals surface area contributed by atoms with E-state index in [0.29, 0.717) is 29.5 Å². The lowest BCUT2D eigenvalue weighted by Crippen LogP contribution is -2.58. The first-order chi connectivity index (χ1) is 29.9. The number of aromatic hydroxyl groups is 1. The zero-order valence-corrected chi connectivity index (χ0v) is 37.0. The number of phenolic OH excluding ortho intramolecular Hbond substituents is 1. The molecule has 8 rings (SSSR count). The van der Waals surface area contributed by atoms with E-state index in [0.717, 1.165) is 91.1 Å². The van der Waals surface area contributed by atoms with Crippen molar-refractivity contribution >= 4 is 34.7 Å². The van der Waals surface area contributed by atoms with Crippen LogP contribution in [0.4, 0.5) is 11.5 Å². The highest BCUT2D eigenvalue weighted by atomic mass is 32.1. The van der Waals surface area contributed by atoms with Crippen molar-refractivity contribution in [2.24, 2.45) is 5.92 Å². The van der Waals surface area contributed by atoms with Gasteiger partial charge in [0.25, 0.3) is 0 Å². The number of nitrogens with one attached hydrogen (secondary N) is 2. The van der Waals surface area contributed by atoms with Crippen LogP contribution in [0.5, 0.6) is 5.75 Å². The third kappa shape index (κ3) is 9.48. The molecule has 3 aliphatic rings. The Labute approximate surface area is 367 Å². The van der Waals surface area contributed by atoms with Gasteiger partial charge in [0.05, 0.1) is 51.3 Å². The van der Waals surface area contributed by atoms with E-state index in [2.05, 4.69) is 52.7 Å². The number of anilines is 2. The van der Waals surface area contributed by atoms with Gasteiger partial charge in [-0.05, 0) is 75.5 Å². The number of fused-ring (bicyclic) bond motifs is 3. The van der Waals surface area contributed by atoms with E-state index >= 15 is 0 Å². The van der Waals surface area contributed by atoms with Crippen molar-refractivity contribution < 1.29 is 24.3 Å². The monoisotopic (exact) mass is 862 g/mol. The molecule has 2 amide bonds. The largest absolute Gasteiger partial charge is 0.507 e. The topological polar surface area (TPSA) is 176 Å². The highest BCUT2D eigenvalue weighted by molar-refractivity contribution is 7.13. The van der Waals surface area contributed by atoms with Crippen molar-refractivity contribution in [2.45, 2.75) is 77.1 Å². The van der Waals surface area contributed by atoms with Crippen LogP contribution in [-0.2, 0) is 16.0 Å². The van der Waals surface area contributed by atoms with Gasteiger partial charge >= 0.3 is 0 Å². The standard InChI is InChI=1S/C46H58N10O5S/c1-28(2)42(46(60)56-26-35(57)22-39(56)45(59)49-29(3)31-12-14-32(15-13-31)43-30(4)48-27-62-43)41-21-33(52-61-41)9-8-16-53(5)17-18-54-19-20-55-34(25-54)24-47-44-38(55)23-37(50-51-44)36-10-6-7-11-40(36)58/h6-7,10-15,21,23,27-29,34-35,39,42,57-58H,8-9,16-20,22,24-26H2,1-5H3,(H,47,51)(H,49,59)/t29-,34-,35+,39-,42+/m0/s1. The lowest BCUT2D eigenvalue weighted by molar-refractivity contribution is -0.141. The number of carbonyl (C=O) groups excluding carboxylic acids is 2. The smallest absolute Gasteiger partial charge is 0.243 e. The van der Waals surface area contributed by atoms with E-state index in [-0.39, 0.29) is 42.5 Å². The van der Waals surface area contributed by atoms with Crippen LogP contribution in [0.3, 0.4) is 0 Å². The molecule has 62 heavy (non-hydrogen) atoms. The van der Waals surface area contributed by atoms with Crippen LogP contribution in [0.25, 0.3) is 21.7 Å². The van der Waals surface area contributed by atoms with Crippen molar-refractivity contribution in [1.29, 1.82) is 0 Å². The van der Waals surface area contributed by atoms with Crippen molar-refractivity contribution in [2.75, 3.05) is 69.6 Å². The molecule has 4 N–H and O–H groups in total. The van der Waals surface area contributed by atoms with Crippen molar-refractivity contribution in [1.82, 2.24) is 40.4 Å². The van der Waals surface area contributed by atoms with Crippen molar-refractivity contribution in [3.63, 3.8) is 0 Å². The zero-order chi connectivity index (χ0) is 43.5. The third-order valence-corrected chi connectivity index (χ3v) is 13.5.